The molecule has 2 N–H and O–H groups in total. The average molecular weight is 385 g/mol. The third-order valence-electron chi connectivity index (χ3n) is 3.10. The van der Waals surface area contributed by atoms with E-state index < -0.39 is 0 Å². The summed E-state index contributed by atoms with van der Waals surface area (Å²) in [7, 11) is 0. The standard InChI is InChI=1S/C16H17FINO/c1-3-20-15-7-4-10(2)8-13(15)16(19)12-6-5-11(17)9-14(12)18/h4-9,16H,3,19H2,1-2H3. The Morgan fingerprint density at radius 1 is 1.20 bits per heavy atom. The van der Waals surface area contributed by atoms with Crippen LogP contribution in [0, 0.1) is 16.3 Å². The van der Waals surface area contributed by atoms with Gasteiger partial charge in [-0.25, -0.2) is 4.39 Å². The summed E-state index contributed by atoms with van der Waals surface area (Å²) in [6.07, 6.45) is 0. The van der Waals surface area contributed by atoms with Gasteiger partial charge in [0.2, 0.25) is 0 Å². The summed E-state index contributed by atoms with van der Waals surface area (Å²) < 4.78 is 19.7. The van der Waals surface area contributed by atoms with E-state index in [9.17, 15) is 4.39 Å². The number of halogens is 2. The Kier molecular flexibility index (Phi) is 4.99. The van der Waals surface area contributed by atoms with Crippen molar-refractivity contribution in [1.82, 2.24) is 0 Å². The molecular weight excluding hydrogens is 368 g/mol. The van der Waals surface area contributed by atoms with E-state index >= 15 is 0 Å². The number of hydrogen-bond acceptors (Lipinski definition) is 2. The van der Waals surface area contributed by atoms with Crippen LogP contribution in [0.15, 0.2) is 36.4 Å². The van der Waals surface area contributed by atoms with Gasteiger partial charge < -0.3 is 10.5 Å². The quantitative estimate of drug-likeness (QED) is 0.802. The molecule has 0 aromatic heterocycles. The van der Waals surface area contributed by atoms with Gasteiger partial charge in [0, 0.05) is 9.13 Å². The second kappa shape index (κ2) is 6.54. The summed E-state index contributed by atoms with van der Waals surface area (Å²) in [5.41, 5.74) is 9.31. The highest BCUT2D eigenvalue weighted by molar-refractivity contribution is 14.1. The first-order valence-electron chi connectivity index (χ1n) is 6.46. The maximum atomic E-state index is 13.2. The Morgan fingerprint density at radius 3 is 2.60 bits per heavy atom. The van der Waals surface area contributed by atoms with Crippen LogP contribution in [-0.4, -0.2) is 6.61 Å². The van der Waals surface area contributed by atoms with Gasteiger partial charge in [-0.3, -0.25) is 0 Å². The largest absolute Gasteiger partial charge is 0.494 e. The molecule has 0 aliphatic heterocycles. The Labute approximate surface area is 132 Å². The maximum absolute atomic E-state index is 13.2. The van der Waals surface area contributed by atoms with Crippen LogP contribution in [0.5, 0.6) is 5.75 Å². The predicted molar refractivity (Wildman–Crippen MR) is 87.5 cm³/mol. The van der Waals surface area contributed by atoms with Crippen LogP contribution in [-0.2, 0) is 0 Å². The van der Waals surface area contributed by atoms with Gasteiger partial charge >= 0.3 is 0 Å². The first-order chi connectivity index (χ1) is 9.52. The van der Waals surface area contributed by atoms with Gasteiger partial charge in [-0.05, 0) is 60.2 Å². The van der Waals surface area contributed by atoms with Crippen molar-refractivity contribution in [3.63, 3.8) is 0 Å². The molecule has 2 rings (SSSR count). The van der Waals surface area contributed by atoms with Crippen molar-refractivity contribution >= 4 is 22.6 Å². The lowest BCUT2D eigenvalue weighted by molar-refractivity contribution is 0.335. The first-order valence-corrected chi connectivity index (χ1v) is 7.54. The minimum atomic E-state index is -0.330. The number of nitrogens with two attached hydrogens (primary N) is 1. The second-order valence-electron chi connectivity index (χ2n) is 4.62. The molecule has 0 saturated carbocycles. The molecule has 2 aromatic carbocycles. The van der Waals surface area contributed by atoms with Crippen molar-refractivity contribution in [1.29, 1.82) is 0 Å². The van der Waals surface area contributed by atoms with Crippen LogP contribution in [0.4, 0.5) is 4.39 Å². The van der Waals surface area contributed by atoms with Gasteiger partial charge in [-0.15, -0.1) is 0 Å². The highest BCUT2D eigenvalue weighted by Gasteiger charge is 2.17. The summed E-state index contributed by atoms with van der Waals surface area (Å²) in [6, 6.07) is 10.3. The summed E-state index contributed by atoms with van der Waals surface area (Å²) >= 11 is 2.11. The molecule has 2 aromatic rings. The summed E-state index contributed by atoms with van der Waals surface area (Å²) in [6.45, 7) is 4.54. The van der Waals surface area contributed by atoms with Crippen LogP contribution >= 0.6 is 22.6 Å². The number of rotatable bonds is 4. The van der Waals surface area contributed by atoms with Gasteiger partial charge in [0.25, 0.3) is 0 Å². The third-order valence-corrected chi connectivity index (χ3v) is 4.03. The second-order valence-corrected chi connectivity index (χ2v) is 5.78. The lowest BCUT2D eigenvalue weighted by Gasteiger charge is -2.19. The van der Waals surface area contributed by atoms with E-state index in [-0.39, 0.29) is 11.9 Å². The highest BCUT2D eigenvalue weighted by Crippen LogP contribution is 2.31. The zero-order valence-corrected chi connectivity index (χ0v) is 13.6. The smallest absolute Gasteiger partial charge is 0.124 e. The van der Waals surface area contributed by atoms with Crippen molar-refractivity contribution < 1.29 is 9.13 Å². The minimum absolute atomic E-state index is 0.250. The monoisotopic (exact) mass is 385 g/mol. The molecule has 0 fully saturated rings. The highest BCUT2D eigenvalue weighted by atomic mass is 127. The average Bonchev–Trinajstić information content (AvgIpc) is 2.40. The van der Waals surface area contributed by atoms with E-state index in [4.69, 9.17) is 10.5 Å². The van der Waals surface area contributed by atoms with Crippen LogP contribution in [0.25, 0.3) is 0 Å². The molecule has 0 spiro atoms. The van der Waals surface area contributed by atoms with E-state index in [1.54, 1.807) is 6.07 Å². The number of ether oxygens (including phenoxy) is 1. The SMILES string of the molecule is CCOc1ccc(C)cc1C(N)c1ccc(F)cc1I. The Morgan fingerprint density at radius 2 is 1.95 bits per heavy atom. The van der Waals surface area contributed by atoms with Crippen molar-refractivity contribution in [2.75, 3.05) is 6.61 Å². The summed E-state index contributed by atoms with van der Waals surface area (Å²) in [5.74, 6) is 0.533. The molecule has 1 atom stereocenters. The molecule has 1 unspecified atom stereocenters. The zero-order chi connectivity index (χ0) is 14.7. The molecule has 0 radical (unpaired) electrons. The fourth-order valence-electron chi connectivity index (χ4n) is 2.12. The normalized spacial score (nSPS) is 12.2. The van der Waals surface area contributed by atoms with Gasteiger partial charge in [-0.1, -0.05) is 23.8 Å². The van der Waals surface area contributed by atoms with E-state index in [2.05, 4.69) is 22.6 Å². The number of hydrogen-bond donors (Lipinski definition) is 1. The number of aryl methyl sites for hydroxylation is 1. The predicted octanol–water partition coefficient (Wildman–Crippen LogP) is 4.19. The molecule has 0 aliphatic carbocycles. The molecular formula is C16H17FINO. The lowest BCUT2D eigenvalue weighted by Crippen LogP contribution is -2.15. The van der Waals surface area contributed by atoms with Crippen LogP contribution in [0.1, 0.15) is 29.7 Å². The number of benzene rings is 2. The fraction of sp³-hybridized carbons (Fsp3) is 0.250. The lowest BCUT2D eigenvalue weighted by atomic mass is 9.97. The molecule has 0 aliphatic rings. The van der Waals surface area contributed by atoms with E-state index in [0.29, 0.717) is 6.61 Å². The van der Waals surface area contributed by atoms with Gasteiger partial charge in [0.05, 0.1) is 12.6 Å². The molecule has 0 saturated heterocycles. The Bertz CT molecular complexity index is 615. The Hall–Kier alpha value is -1.14. The maximum Gasteiger partial charge on any atom is 0.124 e. The summed E-state index contributed by atoms with van der Waals surface area (Å²) in [5, 5.41) is 0. The van der Waals surface area contributed by atoms with E-state index in [0.717, 1.165) is 26.0 Å². The van der Waals surface area contributed by atoms with Gasteiger partial charge in [0.1, 0.15) is 11.6 Å². The van der Waals surface area contributed by atoms with Gasteiger partial charge in [0.15, 0.2) is 0 Å². The van der Waals surface area contributed by atoms with Crippen molar-refractivity contribution in [3.05, 3.63) is 62.5 Å². The molecule has 0 heterocycles. The van der Waals surface area contributed by atoms with Crippen molar-refractivity contribution in [3.8, 4) is 5.75 Å². The van der Waals surface area contributed by atoms with Crippen molar-refractivity contribution in [2.24, 2.45) is 5.73 Å². The molecule has 4 heteroatoms. The molecule has 20 heavy (non-hydrogen) atoms. The first kappa shape index (κ1) is 15.3. The molecule has 106 valence electrons. The minimum Gasteiger partial charge on any atom is -0.494 e. The van der Waals surface area contributed by atoms with Crippen molar-refractivity contribution in [2.45, 2.75) is 19.9 Å². The van der Waals surface area contributed by atoms with E-state index in [1.807, 2.05) is 32.0 Å². The van der Waals surface area contributed by atoms with Crippen LogP contribution in [0.3, 0.4) is 0 Å². The zero-order valence-electron chi connectivity index (χ0n) is 11.5. The molecule has 2 nitrogen and oxygen atoms in total. The summed E-state index contributed by atoms with van der Waals surface area (Å²) in [4.78, 5) is 0. The van der Waals surface area contributed by atoms with Crippen LogP contribution in [0.2, 0.25) is 0 Å². The molecule has 0 bridgehead atoms. The van der Waals surface area contributed by atoms with Gasteiger partial charge in [-0.2, -0.15) is 0 Å². The third kappa shape index (κ3) is 3.30. The molecule has 0 amide bonds. The van der Waals surface area contributed by atoms with E-state index in [1.165, 1.54) is 12.1 Å². The topological polar surface area (TPSA) is 35.2 Å². The van der Waals surface area contributed by atoms with Crippen LogP contribution < -0.4 is 10.5 Å². The Balaban J connectivity index is 2.46. The fourth-order valence-corrected chi connectivity index (χ4v) is 2.93.